The fraction of sp³-hybridized carbons (Fsp3) is 0.533. The summed E-state index contributed by atoms with van der Waals surface area (Å²) in [5.41, 5.74) is -0.0915. The summed E-state index contributed by atoms with van der Waals surface area (Å²) in [6.45, 7) is 2.31. The van der Waals surface area contributed by atoms with Crippen molar-refractivity contribution in [2.45, 2.75) is 31.8 Å². The third-order valence-corrected chi connectivity index (χ3v) is 3.73. The highest BCUT2D eigenvalue weighted by molar-refractivity contribution is 6.35. The van der Waals surface area contributed by atoms with Crippen LogP contribution in [0.15, 0.2) is 18.2 Å². The standard InChI is InChI=1S/C15H21Cl2NO3/c1-15(20,7-8-21-2)10-18-14(19)6-4-11-3-5-12(16)9-13(11)17/h3,5,9,20H,4,6-8,10H2,1-2H3,(H,18,19). The topological polar surface area (TPSA) is 58.6 Å². The molecule has 0 bridgehead atoms. The molecule has 1 aromatic carbocycles. The zero-order valence-electron chi connectivity index (χ0n) is 12.3. The van der Waals surface area contributed by atoms with E-state index in [2.05, 4.69) is 5.32 Å². The Morgan fingerprint density at radius 2 is 2.14 bits per heavy atom. The molecule has 0 aromatic heterocycles. The quantitative estimate of drug-likeness (QED) is 0.769. The van der Waals surface area contributed by atoms with E-state index in [1.165, 1.54) is 0 Å². The first-order valence-corrected chi connectivity index (χ1v) is 7.51. The summed E-state index contributed by atoms with van der Waals surface area (Å²) < 4.78 is 4.91. The van der Waals surface area contributed by atoms with E-state index >= 15 is 0 Å². The first kappa shape index (κ1) is 18.2. The summed E-state index contributed by atoms with van der Waals surface area (Å²) in [6.07, 6.45) is 1.30. The minimum Gasteiger partial charge on any atom is -0.388 e. The molecule has 118 valence electrons. The van der Waals surface area contributed by atoms with Crippen LogP contribution < -0.4 is 5.32 Å². The first-order chi connectivity index (χ1) is 9.84. The van der Waals surface area contributed by atoms with Crippen LogP contribution in [0.5, 0.6) is 0 Å². The summed E-state index contributed by atoms with van der Waals surface area (Å²) >= 11 is 11.9. The number of nitrogens with one attached hydrogen (secondary N) is 1. The van der Waals surface area contributed by atoms with Gasteiger partial charge in [0.05, 0.1) is 5.60 Å². The highest BCUT2D eigenvalue weighted by Crippen LogP contribution is 2.22. The predicted molar refractivity (Wildman–Crippen MR) is 84.9 cm³/mol. The van der Waals surface area contributed by atoms with Gasteiger partial charge < -0.3 is 15.2 Å². The van der Waals surface area contributed by atoms with E-state index in [0.717, 1.165) is 5.56 Å². The monoisotopic (exact) mass is 333 g/mol. The van der Waals surface area contributed by atoms with Crippen molar-refractivity contribution in [3.8, 4) is 0 Å². The maximum atomic E-state index is 11.8. The molecule has 1 aromatic rings. The number of aliphatic hydroxyl groups is 1. The molecular formula is C15H21Cl2NO3. The maximum Gasteiger partial charge on any atom is 0.220 e. The number of carbonyl (C=O) groups is 1. The summed E-state index contributed by atoms with van der Waals surface area (Å²) in [5.74, 6) is -0.126. The van der Waals surface area contributed by atoms with Crippen LogP contribution in [-0.4, -0.2) is 36.9 Å². The van der Waals surface area contributed by atoms with Crippen molar-refractivity contribution < 1.29 is 14.6 Å². The lowest BCUT2D eigenvalue weighted by molar-refractivity contribution is -0.122. The lowest BCUT2D eigenvalue weighted by atomic mass is 10.0. The fourth-order valence-corrected chi connectivity index (χ4v) is 2.26. The number of ether oxygens (including phenoxy) is 1. The van der Waals surface area contributed by atoms with Gasteiger partial charge in [-0.1, -0.05) is 29.3 Å². The molecule has 21 heavy (non-hydrogen) atoms. The maximum absolute atomic E-state index is 11.8. The molecule has 4 nitrogen and oxygen atoms in total. The number of halogens is 2. The Labute approximate surface area is 135 Å². The zero-order valence-corrected chi connectivity index (χ0v) is 13.8. The van der Waals surface area contributed by atoms with Gasteiger partial charge in [-0.05, 0) is 31.0 Å². The molecular weight excluding hydrogens is 313 g/mol. The molecule has 1 amide bonds. The second-order valence-electron chi connectivity index (χ2n) is 5.25. The number of hydrogen-bond acceptors (Lipinski definition) is 3. The van der Waals surface area contributed by atoms with E-state index in [1.807, 2.05) is 6.07 Å². The molecule has 0 saturated heterocycles. The Hall–Kier alpha value is -0.810. The van der Waals surface area contributed by atoms with Gasteiger partial charge in [0.25, 0.3) is 0 Å². The Balaban J connectivity index is 2.37. The summed E-state index contributed by atoms with van der Waals surface area (Å²) in [4.78, 5) is 11.8. The van der Waals surface area contributed by atoms with Crippen molar-refractivity contribution in [1.82, 2.24) is 5.32 Å². The molecule has 0 saturated carbocycles. The SMILES string of the molecule is COCCC(C)(O)CNC(=O)CCc1ccc(Cl)cc1Cl. The van der Waals surface area contributed by atoms with Gasteiger partial charge in [-0.15, -0.1) is 0 Å². The number of carbonyl (C=O) groups excluding carboxylic acids is 1. The Bertz CT molecular complexity index is 478. The second-order valence-corrected chi connectivity index (χ2v) is 6.10. The number of aryl methyl sites for hydroxylation is 1. The van der Waals surface area contributed by atoms with E-state index in [0.29, 0.717) is 35.9 Å². The molecule has 1 unspecified atom stereocenters. The van der Waals surface area contributed by atoms with Crippen molar-refractivity contribution >= 4 is 29.1 Å². The van der Waals surface area contributed by atoms with Gasteiger partial charge in [-0.2, -0.15) is 0 Å². The average Bonchev–Trinajstić information content (AvgIpc) is 2.42. The first-order valence-electron chi connectivity index (χ1n) is 6.76. The van der Waals surface area contributed by atoms with Crippen LogP contribution in [0.3, 0.4) is 0 Å². The molecule has 0 heterocycles. The van der Waals surface area contributed by atoms with Crippen LogP contribution in [0, 0.1) is 0 Å². The second kappa shape index (κ2) is 8.59. The minimum atomic E-state index is -0.969. The zero-order chi connectivity index (χ0) is 15.9. The molecule has 0 spiro atoms. The Morgan fingerprint density at radius 3 is 2.76 bits per heavy atom. The van der Waals surface area contributed by atoms with Crippen molar-refractivity contribution in [1.29, 1.82) is 0 Å². The smallest absolute Gasteiger partial charge is 0.220 e. The number of benzene rings is 1. The van der Waals surface area contributed by atoms with Crippen LogP contribution in [0.1, 0.15) is 25.3 Å². The Morgan fingerprint density at radius 1 is 1.43 bits per heavy atom. The van der Waals surface area contributed by atoms with Crippen molar-refractivity contribution in [2.24, 2.45) is 0 Å². The predicted octanol–water partition coefficient (Wildman–Crippen LogP) is 2.83. The van der Waals surface area contributed by atoms with Crippen LogP contribution in [-0.2, 0) is 16.0 Å². The van der Waals surface area contributed by atoms with Crippen LogP contribution in [0.4, 0.5) is 0 Å². The minimum absolute atomic E-state index is 0.126. The number of amides is 1. The van der Waals surface area contributed by atoms with Gasteiger partial charge in [0.15, 0.2) is 0 Å². The molecule has 1 atom stereocenters. The highest BCUT2D eigenvalue weighted by Gasteiger charge is 2.20. The van der Waals surface area contributed by atoms with E-state index in [4.69, 9.17) is 27.9 Å². The van der Waals surface area contributed by atoms with Gasteiger partial charge in [0.1, 0.15) is 0 Å². The highest BCUT2D eigenvalue weighted by atomic mass is 35.5. The fourth-order valence-electron chi connectivity index (χ4n) is 1.76. The van der Waals surface area contributed by atoms with Crippen molar-refractivity contribution in [3.05, 3.63) is 33.8 Å². The normalized spacial score (nSPS) is 13.8. The molecule has 0 radical (unpaired) electrons. The lowest BCUT2D eigenvalue weighted by Crippen LogP contribution is -2.41. The van der Waals surface area contributed by atoms with Crippen molar-refractivity contribution in [3.63, 3.8) is 0 Å². The van der Waals surface area contributed by atoms with Crippen LogP contribution in [0.25, 0.3) is 0 Å². The third-order valence-electron chi connectivity index (χ3n) is 3.15. The number of hydrogen-bond donors (Lipinski definition) is 2. The van der Waals surface area contributed by atoms with E-state index in [9.17, 15) is 9.90 Å². The van der Waals surface area contributed by atoms with Crippen molar-refractivity contribution in [2.75, 3.05) is 20.3 Å². The largest absolute Gasteiger partial charge is 0.388 e. The molecule has 0 aliphatic heterocycles. The average molecular weight is 334 g/mol. The van der Waals surface area contributed by atoms with E-state index in [-0.39, 0.29) is 12.5 Å². The molecule has 6 heteroatoms. The number of rotatable bonds is 8. The van der Waals surface area contributed by atoms with E-state index in [1.54, 1.807) is 26.2 Å². The molecule has 0 aliphatic rings. The van der Waals surface area contributed by atoms with Gasteiger partial charge >= 0.3 is 0 Å². The van der Waals surface area contributed by atoms with E-state index < -0.39 is 5.60 Å². The lowest BCUT2D eigenvalue weighted by Gasteiger charge is -2.23. The van der Waals surface area contributed by atoms with Gasteiger partial charge in [-0.25, -0.2) is 0 Å². The Kier molecular flexibility index (Phi) is 7.46. The molecule has 1 rings (SSSR count). The third kappa shape index (κ3) is 7.14. The summed E-state index contributed by atoms with van der Waals surface area (Å²) in [5, 5.41) is 13.9. The summed E-state index contributed by atoms with van der Waals surface area (Å²) in [7, 11) is 1.57. The number of methoxy groups -OCH3 is 1. The molecule has 0 aliphatic carbocycles. The van der Waals surface area contributed by atoms with Gasteiger partial charge in [0, 0.05) is 43.1 Å². The van der Waals surface area contributed by atoms with Crippen LogP contribution in [0.2, 0.25) is 10.0 Å². The summed E-state index contributed by atoms with van der Waals surface area (Å²) in [6, 6.07) is 5.22. The van der Waals surface area contributed by atoms with Gasteiger partial charge in [-0.3, -0.25) is 4.79 Å². The molecule has 0 fully saturated rings. The van der Waals surface area contributed by atoms with Crippen LogP contribution >= 0.6 is 23.2 Å². The van der Waals surface area contributed by atoms with Gasteiger partial charge in [0.2, 0.25) is 5.91 Å². The molecule has 2 N–H and O–H groups in total.